The van der Waals surface area contributed by atoms with Gasteiger partial charge in [0.25, 0.3) is 0 Å². The van der Waals surface area contributed by atoms with Gasteiger partial charge in [0.2, 0.25) is 5.91 Å². The summed E-state index contributed by atoms with van der Waals surface area (Å²) in [5.74, 6) is 1.97. The standard InChI is InChI=1S/C21H23NO3/c1-24-18-10-7-16(8-11-18)19-14-17(9-12-20(19)25-2)22-21(23)13-15-5-3-4-6-15/h3,5,7-12,14-15H,4,6,13H2,1-2H3,(H,22,23)/t15-/m1/s1. The highest BCUT2D eigenvalue weighted by molar-refractivity contribution is 5.92. The Labute approximate surface area is 148 Å². The molecule has 0 saturated carbocycles. The van der Waals surface area contributed by atoms with Gasteiger partial charge >= 0.3 is 0 Å². The minimum Gasteiger partial charge on any atom is -0.497 e. The fourth-order valence-electron chi connectivity index (χ4n) is 3.10. The van der Waals surface area contributed by atoms with Gasteiger partial charge in [0.05, 0.1) is 14.2 Å². The molecular weight excluding hydrogens is 314 g/mol. The zero-order valence-corrected chi connectivity index (χ0v) is 14.6. The van der Waals surface area contributed by atoms with E-state index in [-0.39, 0.29) is 5.91 Å². The number of nitrogens with one attached hydrogen (secondary N) is 1. The smallest absolute Gasteiger partial charge is 0.224 e. The molecule has 2 aromatic carbocycles. The summed E-state index contributed by atoms with van der Waals surface area (Å²) in [6, 6.07) is 13.5. The molecule has 0 heterocycles. The highest BCUT2D eigenvalue weighted by Gasteiger charge is 2.15. The first-order valence-electron chi connectivity index (χ1n) is 8.48. The third-order valence-electron chi connectivity index (χ3n) is 4.44. The number of allylic oxidation sites excluding steroid dienone is 2. The van der Waals surface area contributed by atoms with Gasteiger partial charge in [0.1, 0.15) is 11.5 Å². The molecule has 1 N–H and O–H groups in total. The Balaban J connectivity index is 1.78. The van der Waals surface area contributed by atoms with E-state index in [4.69, 9.17) is 9.47 Å². The molecule has 130 valence electrons. The minimum absolute atomic E-state index is 0.0439. The third-order valence-corrected chi connectivity index (χ3v) is 4.44. The van der Waals surface area contributed by atoms with Crippen molar-refractivity contribution < 1.29 is 14.3 Å². The molecule has 1 amide bonds. The molecule has 0 aromatic heterocycles. The van der Waals surface area contributed by atoms with E-state index < -0.39 is 0 Å². The number of carbonyl (C=O) groups excluding carboxylic acids is 1. The zero-order valence-electron chi connectivity index (χ0n) is 14.6. The van der Waals surface area contributed by atoms with Crippen LogP contribution in [0.4, 0.5) is 5.69 Å². The van der Waals surface area contributed by atoms with Gasteiger partial charge in [-0.15, -0.1) is 0 Å². The van der Waals surface area contributed by atoms with Gasteiger partial charge in [-0.05, 0) is 54.7 Å². The molecule has 2 aromatic rings. The number of methoxy groups -OCH3 is 2. The van der Waals surface area contributed by atoms with Crippen LogP contribution in [0.25, 0.3) is 11.1 Å². The molecule has 0 spiro atoms. The summed E-state index contributed by atoms with van der Waals surface area (Å²) < 4.78 is 10.7. The summed E-state index contributed by atoms with van der Waals surface area (Å²) in [4.78, 5) is 12.3. The minimum atomic E-state index is 0.0439. The number of anilines is 1. The van der Waals surface area contributed by atoms with E-state index in [1.54, 1.807) is 14.2 Å². The molecule has 0 saturated heterocycles. The number of ether oxygens (including phenoxy) is 2. The summed E-state index contributed by atoms with van der Waals surface area (Å²) in [7, 11) is 3.29. The summed E-state index contributed by atoms with van der Waals surface area (Å²) >= 11 is 0. The van der Waals surface area contributed by atoms with Crippen LogP contribution in [0, 0.1) is 5.92 Å². The number of amides is 1. The first kappa shape index (κ1) is 17.1. The van der Waals surface area contributed by atoms with Crippen LogP contribution in [0.1, 0.15) is 19.3 Å². The van der Waals surface area contributed by atoms with Crippen LogP contribution in [-0.2, 0) is 4.79 Å². The second kappa shape index (κ2) is 7.88. The fourth-order valence-corrected chi connectivity index (χ4v) is 3.10. The largest absolute Gasteiger partial charge is 0.497 e. The normalized spacial score (nSPS) is 15.8. The Morgan fingerprint density at radius 1 is 1.12 bits per heavy atom. The van der Waals surface area contributed by atoms with Crippen molar-refractivity contribution in [3.05, 3.63) is 54.6 Å². The van der Waals surface area contributed by atoms with E-state index in [0.717, 1.165) is 41.2 Å². The predicted molar refractivity (Wildman–Crippen MR) is 100 cm³/mol. The maximum Gasteiger partial charge on any atom is 0.224 e. The van der Waals surface area contributed by atoms with E-state index in [0.29, 0.717) is 12.3 Å². The Morgan fingerprint density at radius 3 is 2.56 bits per heavy atom. The molecule has 4 heteroatoms. The Kier molecular flexibility index (Phi) is 5.39. The van der Waals surface area contributed by atoms with Crippen molar-refractivity contribution in [3.63, 3.8) is 0 Å². The lowest BCUT2D eigenvalue weighted by atomic mass is 10.0. The number of carbonyl (C=O) groups is 1. The number of hydrogen-bond acceptors (Lipinski definition) is 3. The van der Waals surface area contributed by atoms with E-state index >= 15 is 0 Å². The molecular formula is C21H23NO3. The van der Waals surface area contributed by atoms with E-state index in [9.17, 15) is 4.79 Å². The first-order valence-corrected chi connectivity index (χ1v) is 8.48. The molecule has 25 heavy (non-hydrogen) atoms. The van der Waals surface area contributed by atoms with Crippen LogP contribution in [0.15, 0.2) is 54.6 Å². The van der Waals surface area contributed by atoms with Crippen LogP contribution in [0.5, 0.6) is 11.5 Å². The summed E-state index contributed by atoms with van der Waals surface area (Å²) in [5.41, 5.74) is 2.72. The number of rotatable bonds is 6. The maximum absolute atomic E-state index is 12.3. The Morgan fingerprint density at radius 2 is 1.92 bits per heavy atom. The van der Waals surface area contributed by atoms with Crippen molar-refractivity contribution in [2.24, 2.45) is 5.92 Å². The molecule has 4 nitrogen and oxygen atoms in total. The zero-order chi connectivity index (χ0) is 17.6. The van der Waals surface area contributed by atoms with Gasteiger partial charge in [-0.2, -0.15) is 0 Å². The van der Waals surface area contributed by atoms with Gasteiger partial charge < -0.3 is 14.8 Å². The molecule has 3 rings (SSSR count). The van der Waals surface area contributed by atoms with Gasteiger partial charge in [0, 0.05) is 17.7 Å². The number of hydrogen-bond donors (Lipinski definition) is 1. The highest BCUT2D eigenvalue weighted by Crippen LogP contribution is 2.33. The monoisotopic (exact) mass is 337 g/mol. The molecule has 0 aliphatic heterocycles. The van der Waals surface area contributed by atoms with Gasteiger partial charge in [-0.25, -0.2) is 0 Å². The van der Waals surface area contributed by atoms with Crippen molar-refractivity contribution in [1.29, 1.82) is 0 Å². The fraction of sp³-hybridized carbons (Fsp3) is 0.286. The molecule has 1 aliphatic rings. The molecule has 1 aliphatic carbocycles. The highest BCUT2D eigenvalue weighted by atomic mass is 16.5. The molecule has 0 bridgehead atoms. The summed E-state index contributed by atoms with van der Waals surface area (Å²) in [6.45, 7) is 0. The van der Waals surface area contributed by atoms with Gasteiger partial charge in [-0.3, -0.25) is 4.79 Å². The lowest BCUT2D eigenvalue weighted by Gasteiger charge is -2.13. The molecule has 0 fully saturated rings. The average Bonchev–Trinajstić information content (AvgIpc) is 3.14. The lowest BCUT2D eigenvalue weighted by Crippen LogP contribution is -2.14. The van der Waals surface area contributed by atoms with Crippen molar-refractivity contribution in [3.8, 4) is 22.6 Å². The lowest BCUT2D eigenvalue weighted by molar-refractivity contribution is -0.116. The van der Waals surface area contributed by atoms with E-state index in [1.165, 1.54) is 0 Å². The van der Waals surface area contributed by atoms with Gasteiger partial charge in [0.15, 0.2) is 0 Å². The topological polar surface area (TPSA) is 47.6 Å². The second-order valence-electron chi connectivity index (χ2n) is 6.16. The van der Waals surface area contributed by atoms with Crippen LogP contribution in [0.3, 0.4) is 0 Å². The summed E-state index contributed by atoms with van der Waals surface area (Å²) in [5, 5.41) is 3.00. The molecule has 0 radical (unpaired) electrons. The van der Waals surface area contributed by atoms with Crippen LogP contribution < -0.4 is 14.8 Å². The van der Waals surface area contributed by atoms with Crippen LogP contribution >= 0.6 is 0 Å². The molecule has 0 unspecified atom stereocenters. The average molecular weight is 337 g/mol. The SMILES string of the molecule is COc1ccc(-c2cc(NC(=O)C[C@@H]3C=CCC3)ccc2OC)cc1. The number of benzene rings is 2. The Bertz CT molecular complexity index is 765. The Hall–Kier alpha value is -2.75. The quantitative estimate of drug-likeness (QED) is 0.780. The molecule has 1 atom stereocenters. The van der Waals surface area contributed by atoms with Gasteiger partial charge in [-0.1, -0.05) is 24.3 Å². The van der Waals surface area contributed by atoms with Crippen LogP contribution in [-0.4, -0.2) is 20.1 Å². The first-order chi connectivity index (χ1) is 12.2. The maximum atomic E-state index is 12.3. The van der Waals surface area contributed by atoms with Crippen LogP contribution in [0.2, 0.25) is 0 Å². The van der Waals surface area contributed by atoms with Crippen molar-refractivity contribution in [1.82, 2.24) is 0 Å². The van der Waals surface area contributed by atoms with E-state index in [2.05, 4.69) is 17.5 Å². The third kappa shape index (κ3) is 4.21. The summed E-state index contributed by atoms with van der Waals surface area (Å²) in [6.07, 6.45) is 6.94. The van der Waals surface area contributed by atoms with Crippen molar-refractivity contribution >= 4 is 11.6 Å². The second-order valence-corrected chi connectivity index (χ2v) is 6.16. The predicted octanol–water partition coefficient (Wildman–Crippen LogP) is 4.67. The van der Waals surface area contributed by atoms with Crippen molar-refractivity contribution in [2.45, 2.75) is 19.3 Å². The van der Waals surface area contributed by atoms with Crippen molar-refractivity contribution in [2.75, 3.05) is 19.5 Å². The van der Waals surface area contributed by atoms with E-state index in [1.807, 2.05) is 42.5 Å².